The Morgan fingerprint density at radius 1 is 0.943 bits per heavy atom. The van der Waals surface area contributed by atoms with Crippen molar-refractivity contribution in [3.05, 3.63) is 98.9 Å². The Labute approximate surface area is 207 Å². The van der Waals surface area contributed by atoms with E-state index in [0.29, 0.717) is 19.6 Å². The molecule has 1 saturated heterocycles. The van der Waals surface area contributed by atoms with E-state index in [1.165, 1.54) is 22.5 Å². The molecule has 6 rings (SSSR count). The molecule has 2 aromatic heterocycles. The van der Waals surface area contributed by atoms with Crippen LogP contribution in [0.5, 0.6) is 0 Å². The van der Waals surface area contributed by atoms with Gasteiger partial charge in [0.25, 0.3) is 11.5 Å². The van der Waals surface area contributed by atoms with Gasteiger partial charge in [-0.1, -0.05) is 24.3 Å². The Morgan fingerprint density at radius 2 is 1.71 bits per heavy atom. The van der Waals surface area contributed by atoms with Gasteiger partial charge < -0.3 is 9.80 Å². The maximum absolute atomic E-state index is 13.1. The lowest BCUT2D eigenvalue weighted by Crippen LogP contribution is -2.48. The number of amides is 1. The molecule has 2 aliphatic rings. The normalized spacial score (nSPS) is 16.5. The maximum atomic E-state index is 13.1. The Morgan fingerprint density at radius 3 is 2.51 bits per heavy atom. The highest BCUT2D eigenvalue weighted by molar-refractivity contribution is 7.15. The van der Waals surface area contributed by atoms with Crippen LogP contribution in [0.2, 0.25) is 0 Å². The molecule has 2 aliphatic heterocycles. The van der Waals surface area contributed by atoms with E-state index in [9.17, 15) is 9.59 Å². The smallest absolute Gasteiger partial charge is 0.258 e. The third kappa shape index (κ3) is 4.47. The van der Waals surface area contributed by atoms with Crippen LogP contribution in [0.25, 0.3) is 4.96 Å². The minimum absolute atomic E-state index is 0.0442. The summed E-state index contributed by atoms with van der Waals surface area (Å²) in [5.41, 5.74) is 5.45. The van der Waals surface area contributed by atoms with Gasteiger partial charge in [0.2, 0.25) is 0 Å². The van der Waals surface area contributed by atoms with Crippen molar-refractivity contribution < 1.29 is 4.79 Å². The SMILES string of the molecule is O=C(c1ccc(N2CCc3ccccc3C2)cc1)N1CCN(Cc2cc(=O)n3ccsc3n2)CC1. The topological polar surface area (TPSA) is 61.2 Å². The summed E-state index contributed by atoms with van der Waals surface area (Å²) in [5.74, 6) is 0.0802. The number of benzene rings is 2. The second kappa shape index (κ2) is 9.28. The summed E-state index contributed by atoms with van der Waals surface area (Å²) in [4.78, 5) is 37.2. The number of fused-ring (bicyclic) bond motifs is 2. The second-order valence-electron chi connectivity index (χ2n) is 9.20. The molecule has 0 radical (unpaired) electrons. The van der Waals surface area contributed by atoms with Gasteiger partial charge in [-0.2, -0.15) is 0 Å². The molecule has 2 aromatic carbocycles. The summed E-state index contributed by atoms with van der Waals surface area (Å²) in [5, 5.41) is 1.87. The van der Waals surface area contributed by atoms with Crippen molar-refractivity contribution in [1.82, 2.24) is 19.2 Å². The zero-order valence-electron chi connectivity index (χ0n) is 19.5. The Balaban J connectivity index is 1.06. The lowest BCUT2D eigenvalue weighted by Gasteiger charge is -2.34. The number of piperazine rings is 1. The summed E-state index contributed by atoms with van der Waals surface area (Å²) in [6, 6.07) is 18.3. The molecule has 7 nitrogen and oxygen atoms in total. The molecule has 4 aromatic rings. The van der Waals surface area contributed by atoms with Crippen molar-refractivity contribution >= 4 is 27.9 Å². The van der Waals surface area contributed by atoms with Crippen molar-refractivity contribution in [3.63, 3.8) is 0 Å². The van der Waals surface area contributed by atoms with Gasteiger partial charge in [-0.05, 0) is 41.8 Å². The first-order valence-electron chi connectivity index (χ1n) is 12.0. The van der Waals surface area contributed by atoms with Gasteiger partial charge in [-0.3, -0.25) is 18.9 Å². The summed E-state index contributed by atoms with van der Waals surface area (Å²) >= 11 is 1.46. The van der Waals surface area contributed by atoms with Gasteiger partial charge >= 0.3 is 0 Å². The molecular formula is C27H27N5O2S. The Hall–Kier alpha value is -3.49. The molecule has 0 atom stereocenters. The van der Waals surface area contributed by atoms with Crippen molar-refractivity contribution in [2.24, 2.45) is 0 Å². The Bertz CT molecular complexity index is 1420. The number of hydrogen-bond donors (Lipinski definition) is 0. The predicted molar refractivity (Wildman–Crippen MR) is 138 cm³/mol. The minimum atomic E-state index is -0.0442. The van der Waals surface area contributed by atoms with Crippen LogP contribution >= 0.6 is 11.3 Å². The average Bonchev–Trinajstić information content (AvgIpc) is 3.38. The number of anilines is 1. The number of carbonyl (C=O) groups is 1. The molecule has 35 heavy (non-hydrogen) atoms. The van der Waals surface area contributed by atoms with Crippen molar-refractivity contribution in [3.8, 4) is 0 Å². The molecule has 8 heteroatoms. The van der Waals surface area contributed by atoms with E-state index in [1.807, 2.05) is 22.4 Å². The van der Waals surface area contributed by atoms with Crippen LogP contribution < -0.4 is 10.5 Å². The maximum Gasteiger partial charge on any atom is 0.258 e. The lowest BCUT2D eigenvalue weighted by molar-refractivity contribution is 0.0627. The van der Waals surface area contributed by atoms with Gasteiger partial charge in [-0.15, -0.1) is 11.3 Å². The monoisotopic (exact) mass is 485 g/mol. The van der Waals surface area contributed by atoms with E-state index in [1.54, 1.807) is 16.7 Å². The van der Waals surface area contributed by atoms with E-state index in [0.717, 1.165) is 54.5 Å². The van der Waals surface area contributed by atoms with Crippen LogP contribution in [0.3, 0.4) is 0 Å². The third-order valence-electron chi connectivity index (χ3n) is 7.01. The fourth-order valence-corrected chi connectivity index (χ4v) is 5.76. The van der Waals surface area contributed by atoms with Crippen LogP contribution in [0.1, 0.15) is 27.2 Å². The number of hydrogen-bond acceptors (Lipinski definition) is 6. The molecule has 1 fully saturated rings. The van der Waals surface area contributed by atoms with Crippen LogP contribution in [-0.4, -0.2) is 57.8 Å². The van der Waals surface area contributed by atoms with E-state index in [-0.39, 0.29) is 11.5 Å². The summed E-state index contributed by atoms with van der Waals surface area (Å²) < 4.78 is 1.57. The van der Waals surface area contributed by atoms with Crippen LogP contribution in [0.15, 0.2) is 71.0 Å². The summed E-state index contributed by atoms with van der Waals surface area (Å²) in [7, 11) is 0. The van der Waals surface area contributed by atoms with Gasteiger partial charge in [0, 0.05) is 74.7 Å². The van der Waals surface area contributed by atoms with Crippen molar-refractivity contribution in [2.45, 2.75) is 19.5 Å². The molecule has 0 bridgehead atoms. The largest absolute Gasteiger partial charge is 0.367 e. The number of aromatic nitrogens is 2. The molecule has 0 aliphatic carbocycles. The molecule has 0 unspecified atom stereocenters. The van der Waals surface area contributed by atoms with E-state index >= 15 is 0 Å². The van der Waals surface area contributed by atoms with E-state index in [4.69, 9.17) is 0 Å². The number of nitrogens with zero attached hydrogens (tertiary/aromatic N) is 5. The summed E-state index contributed by atoms with van der Waals surface area (Å²) in [6.07, 6.45) is 2.80. The van der Waals surface area contributed by atoms with Crippen LogP contribution in [0.4, 0.5) is 5.69 Å². The first-order valence-corrected chi connectivity index (χ1v) is 12.9. The van der Waals surface area contributed by atoms with Gasteiger partial charge in [0.15, 0.2) is 4.96 Å². The third-order valence-corrected chi connectivity index (χ3v) is 7.77. The highest BCUT2D eigenvalue weighted by Crippen LogP contribution is 2.25. The molecule has 0 N–H and O–H groups in total. The molecular weight excluding hydrogens is 458 g/mol. The highest BCUT2D eigenvalue weighted by atomic mass is 32.1. The van der Waals surface area contributed by atoms with E-state index in [2.05, 4.69) is 51.2 Å². The first-order chi connectivity index (χ1) is 17.1. The minimum Gasteiger partial charge on any atom is -0.367 e. The second-order valence-corrected chi connectivity index (χ2v) is 10.1. The lowest BCUT2D eigenvalue weighted by atomic mass is 9.99. The molecule has 4 heterocycles. The Kier molecular flexibility index (Phi) is 5.83. The molecule has 0 spiro atoms. The van der Waals surface area contributed by atoms with Crippen LogP contribution in [-0.2, 0) is 19.5 Å². The summed E-state index contributed by atoms with van der Waals surface area (Å²) in [6.45, 7) is 5.40. The number of carbonyl (C=O) groups excluding carboxylic acids is 1. The standard InChI is InChI=1S/C27H27N5O2S/c33-25-17-23(28-27-32(25)15-16-35-27)19-29-11-13-30(14-12-29)26(34)21-5-7-24(8-6-21)31-10-9-20-3-1-2-4-22(20)18-31/h1-8,15-17H,9-14,18-19H2. The highest BCUT2D eigenvalue weighted by Gasteiger charge is 2.23. The average molecular weight is 486 g/mol. The van der Waals surface area contributed by atoms with E-state index < -0.39 is 0 Å². The molecule has 178 valence electrons. The fourth-order valence-electron chi connectivity index (χ4n) is 5.02. The van der Waals surface area contributed by atoms with Crippen molar-refractivity contribution in [2.75, 3.05) is 37.6 Å². The van der Waals surface area contributed by atoms with Gasteiger partial charge in [0.05, 0.1) is 5.69 Å². The zero-order valence-corrected chi connectivity index (χ0v) is 20.3. The quantitative estimate of drug-likeness (QED) is 0.444. The molecule has 1 amide bonds. The van der Waals surface area contributed by atoms with Gasteiger partial charge in [-0.25, -0.2) is 4.98 Å². The number of thiazole rings is 1. The van der Waals surface area contributed by atoms with Gasteiger partial charge in [0.1, 0.15) is 0 Å². The molecule has 0 saturated carbocycles. The van der Waals surface area contributed by atoms with Crippen molar-refractivity contribution in [1.29, 1.82) is 0 Å². The fraction of sp³-hybridized carbons (Fsp3) is 0.296. The predicted octanol–water partition coefficient (Wildman–Crippen LogP) is 3.28. The first kappa shape index (κ1) is 22.0. The van der Waals surface area contributed by atoms with Crippen LogP contribution in [0, 0.1) is 0 Å². The number of rotatable bonds is 4. The zero-order chi connectivity index (χ0) is 23.8.